The fourth-order valence-corrected chi connectivity index (χ4v) is 5.13. The third-order valence-electron chi connectivity index (χ3n) is 7.09. The first-order chi connectivity index (χ1) is 13.0. The third kappa shape index (κ3) is 6.69. The lowest BCUT2D eigenvalue weighted by Crippen LogP contribution is -2.48. The fourth-order valence-electron chi connectivity index (χ4n) is 5.13. The Labute approximate surface area is 170 Å². The molecule has 0 N–H and O–H groups in total. The molecule has 4 rings (SSSR count). The number of piperidine rings is 2. The second-order valence-electron chi connectivity index (χ2n) is 8.45. The molecule has 0 aromatic rings. The molecule has 0 radical (unpaired) electrons. The van der Waals surface area contributed by atoms with Gasteiger partial charge in [0.2, 0.25) is 0 Å². The van der Waals surface area contributed by atoms with Crippen LogP contribution in [-0.4, -0.2) is 75.5 Å². The maximum absolute atomic E-state index is 5.39. The first-order valence-electron chi connectivity index (χ1n) is 11.5. The molecule has 0 amide bonds. The maximum atomic E-state index is 5.39. The summed E-state index contributed by atoms with van der Waals surface area (Å²) in [6.45, 7) is 10.6. The van der Waals surface area contributed by atoms with Crippen LogP contribution in [0, 0.1) is 5.41 Å². The Morgan fingerprint density at radius 3 is 1.59 bits per heavy atom. The summed E-state index contributed by atoms with van der Waals surface area (Å²) in [5.41, 5.74) is 0.688. The van der Waals surface area contributed by atoms with Crippen molar-refractivity contribution < 1.29 is 9.47 Å². The number of rotatable bonds is 2. The van der Waals surface area contributed by atoms with Crippen molar-refractivity contribution in [3.05, 3.63) is 0 Å². The Morgan fingerprint density at radius 2 is 1.19 bits per heavy atom. The normalized spacial score (nSPS) is 32.2. The molecule has 0 aromatic carbocycles. The van der Waals surface area contributed by atoms with Crippen LogP contribution in [0.25, 0.3) is 0 Å². The van der Waals surface area contributed by atoms with E-state index in [1.807, 2.05) is 41.9 Å². The summed E-state index contributed by atoms with van der Waals surface area (Å²) in [5, 5.41) is 0. The molecule has 3 saturated heterocycles. The van der Waals surface area contributed by atoms with Gasteiger partial charge < -0.3 is 19.3 Å². The van der Waals surface area contributed by atoms with Gasteiger partial charge in [-0.05, 0) is 84.0 Å². The molecule has 2 bridgehead atoms. The van der Waals surface area contributed by atoms with Crippen molar-refractivity contribution in [1.29, 1.82) is 0 Å². The van der Waals surface area contributed by atoms with Gasteiger partial charge in [0.1, 0.15) is 0 Å². The average molecular weight is 385 g/mol. The second kappa shape index (κ2) is 12.4. The highest BCUT2D eigenvalue weighted by atomic mass is 16.5. The minimum Gasteiger partial charge on any atom is -0.381 e. The van der Waals surface area contributed by atoms with Gasteiger partial charge in [0.05, 0.1) is 12.2 Å². The van der Waals surface area contributed by atoms with Crippen LogP contribution < -0.4 is 0 Å². The van der Waals surface area contributed by atoms with Crippen LogP contribution in [0.1, 0.15) is 79.1 Å². The highest BCUT2D eigenvalue weighted by Crippen LogP contribution is 2.49. The van der Waals surface area contributed by atoms with E-state index in [1.54, 1.807) is 0 Å². The molecule has 27 heavy (non-hydrogen) atoms. The Kier molecular flexibility index (Phi) is 11.4. The summed E-state index contributed by atoms with van der Waals surface area (Å²) in [7, 11) is 8.16. The van der Waals surface area contributed by atoms with Gasteiger partial charge in [-0.2, -0.15) is 0 Å². The quantitative estimate of drug-likeness (QED) is 0.681. The van der Waals surface area contributed by atoms with Crippen molar-refractivity contribution >= 4 is 0 Å². The Balaban J connectivity index is 0.000000229. The van der Waals surface area contributed by atoms with Crippen molar-refractivity contribution in [2.24, 2.45) is 5.41 Å². The number of likely N-dealkylation sites (tertiary alicyclic amines) is 1. The number of ether oxygens (including phenoxy) is 2. The van der Waals surface area contributed by atoms with E-state index in [2.05, 4.69) is 23.9 Å². The van der Waals surface area contributed by atoms with Crippen LogP contribution >= 0.6 is 0 Å². The molecule has 4 fully saturated rings. The van der Waals surface area contributed by atoms with Gasteiger partial charge >= 0.3 is 0 Å². The lowest BCUT2D eigenvalue weighted by atomic mass is 9.61. The zero-order valence-electron chi connectivity index (χ0n) is 19.6. The first kappa shape index (κ1) is 24.9. The molecule has 3 heterocycles. The van der Waals surface area contributed by atoms with E-state index in [4.69, 9.17) is 9.47 Å². The van der Waals surface area contributed by atoms with Crippen molar-refractivity contribution in [2.75, 3.05) is 41.4 Å². The molecule has 2 unspecified atom stereocenters. The van der Waals surface area contributed by atoms with Gasteiger partial charge in [-0.15, -0.1) is 0 Å². The standard InChI is InChI=1S/C10H19NO.C9H17NO.2C2H6/c1-11-5-3-10(4-6-11)7-9(8-10)12-2;1-10-7-3-4-8(10)6-9(5-7)11-2;2*1-2/h9H,3-8H2,1-2H3;7-9H,3-6H2,1-2H3;2*1-2H3. The number of methoxy groups -OCH3 is 2. The van der Waals surface area contributed by atoms with Gasteiger partial charge in [-0.1, -0.05) is 27.7 Å². The fraction of sp³-hybridized carbons (Fsp3) is 1.00. The van der Waals surface area contributed by atoms with Crippen LogP contribution in [0.5, 0.6) is 0 Å². The molecule has 0 aromatic heterocycles. The zero-order valence-corrected chi connectivity index (χ0v) is 19.6. The van der Waals surface area contributed by atoms with Crippen LogP contribution in [0.2, 0.25) is 0 Å². The highest BCUT2D eigenvalue weighted by Gasteiger charge is 2.45. The monoisotopic (exact) mass is 384 g/mol. The zero-order chi connectivity index (χ0) is 20.4. The summed E-state index contributed by atoms with van der Waals surface area (Å²) in [5.74, 6) is 0. The van der Waals surface area contributed by atoms with Crippen LogP contribution in [0.4, 0.5) is 0 Å². The van der Waals surface area contributed by atoms with Crippen molar-refractivity contribution in [3.8, 4) is 0 Å². The summed E-state index contributed by atoms with van der Waals surface area (Å²) >= 11 is 0. The summed E-state index contributed by atoms with van der Waals surface area (Å²) < 4.78 is 10.7. The van der Waals surface area contributed by atoms with Gasteiger partial charge in [0.15, 0.2) is 0 Å². The molecule has 2 atom stereocenters. The maximum Gasteiger partial charge on any atom is 0.0601 e. The molecule has 4 nitrogen and oxygen atoms in total. The number of nitrogens with zero attached hydrogens (tertiary/aromatic N) is 2. The van der Waals surface area contributed by atoms with E-state index < -0.39 is 0 Å². The van der Waals surface area contributed by atoms with Gasteiger partial charge in [0.25, 0.3) is 0 Å². The largest absolute Gasteiger partial charge is 0.381 e. The molecular weight excluding hydrogens is 336 g/mol. The van der Waals surface area contributed by atoms with E-state index in [-0.39, 0.29) is 0 Å². The molecule has 162 valence electrons. The predicted octanol–water partition coefficient (Wildman–Crippen LogP) is 4.82. The summed E-state index contributed by atoms with van der Waals surface area (Å²) in [6.07, 6.45) is 11.8. The lowest BCUT2D eigenvalue weighted by molar-refractivity contribution is -0.0852. The molecular formula is C23H48N2O2. The number of hydrogen-bond acceptors (Lipinski definition) is 4. The minimum absolute atomic E-state index is 0.545. The van der Waals surface area contributed by atoms with Gasteiger partial charge in [0, 0.05) is 26.3 Å². The van der Waals surface area contributed by atoms with E-state index in [0.717, 1.165) is 12.1 Å². The van der Waals surface area contributed by atoms with E-state index in [1.165, 1.54) is 64.5 Å². The number of hydrogen-bond donors (Lipinski definition) is 0. The van der Waals surface area contributed by atoms with Crippen molar-refractivity contribution in [2.45, 2.75) is 103 Å². The second-order valence-corrected chi connectivity index (χ2v) is 8.45. The molecule has 1 aliphatic carbocycles. The Hall–Kier alpha value is -0.160. The molecule has 3 aliphatic heterocycles. The Bertz CT molecular complexity index is 353. The van der Waals surface area contributed by atoms with Crippen LogP contribution in [-0.2, 0) is 9.47 Å². The number of fused-ring (bicyclic) bond motifs is 2. The third-order valence-corrected chi connectivity index (χ3v) is 7.09. The Morgan fingerprint density at radius 1 is 0.741 bits per heavy atom. The highest BCUT2D eigenvalue weighted by molar-refractivity contribution is 4.97. The predicted molar refractivity (Wildman–Crippen MR) is 116 cm³/mol. The first-order valence-corrected chi connectivity index (χ1v) is 11.5. The molecule has 4 aliphatic rings. The van der Waals surface area contributed by atoms with Gasteiger partial charge in [-0.25, -0.2) is 0 Å². The van der Waals surface area contributed by atoms with E-state index >= 15 is 0 Å². The topological polar surface area (TPSA) is 24.9 Å². The van der Waals surface area contributed by atoms with Crippen LogP contribution in [0.15, 0.2) is 0 Å². The summed E-state index contributed by atoms with van der Waals surface area (Å²) in [6, 6.07) is 1.64. The smallest absolute Gasteiger partial charge is 0.0601 e. The molecule has 1 spiro atoms. The molecule has 1 saturated carbocycles. The van der Waals surface area contributed by atoms with E-state index in [9.17, 15) is 0 Å². The lowest BCUT2D eigenvalue weighted by Gasteiger charge is -2.51. The molecule has 4 heteroatoms. The van der Waals surface area contributed by atoms with Gasteiger partial charge in [-0.3, -0.25) is 0 Å². The van der Waals surface area contributed by atoms with Crippen LogP contribution in [0.3, 0.4) is 0 Å². The van der Waals surface area contributed by atoms with E-state index in [0.29, 0.717) is 17.6 Å². The minimum atomic E-state index is 0.545. The van der Waals surface area contributed by atoms with Crippen molar-refractivity contribution in [3.63, 3.8) is 0 Å². The summed E-state index contributed by atoms with van der Waals surface area (Å²) in [4.78, 5) is 4.97. The SMILES string of the molecule is CC.CC.COC1CC2(CCN(C)CC2)C1.COC1CC2CCC(C1)N2C. The van der Waals surface area contributed by atoms with Crippen molar-refractivity contribution in [1.82, 2.24) is 9.80 Å². The average Bonchev–Trinajstić information content (AvgIpc) is 2.90.